The quantitative estimate of drug-likeness (QED) is 0.102. The highest BCUT2D eigenvalue weighted by molar-refractivity contribution is 7.22. The first-order valence-electron chi connectivity index (χ1n) is 13.1. The van der Waals surface area contributed by atoms with Crippen molar-refractivity contribution in [3.8, 4) is 22.1 Å². The van der Waals surface area contributed by atoms with Crippen molar-refractivity contribution in [2.24, 2.45) is 0 Å². The van der Waals surface area contributed by atoms with E-state index in [2.05, 4.69) is 9.97 Å². The van der Waals surface area contributed by atoms with Crippen LogP contribution in [0, 0.1) is 15.9 Å². The highest BCUT2D eigenvalue weighted by atomic mass is 32.1. The Bertz CT molecular complexity index is 1520. The first kappa shape index (κ1) is 29.8. The summed E-state index contributed by atoms with van der Waals surface area (Å²) in [6.07, 6.45) is 3.73. The van der Waals surface area contributed by atoms with Gasteiger partial charge in [0.05, 0.1) is 44.9 Å². The molecule has 0 aliphatic heterocycles. The lowest BCUT2D eigenvalue weighted by atomic mass is 10.2. The van der Waals surface area contributed by atoms with Gasteiger partial charge in [-0.25, -0.2) is 9.18 Å². The number of nitro benzene ring substituents is 1. The zero-order valence-corrected chi connectivity index (χ0v) is 24.1. The maximum atomic E-state index is 14.4. The van der Waals surface area contributed by atoms with Crippen LogP contribution in [0.2, 0.25) is 0 Å². The van der Waals surface area contributed by atoms with Gasteiger partial charge in [0, 0.05) is 37.7 Å². The molecule has 216 valence electrons. The van der Waals surface area contributed by atoms with Crippen LogP contribution in [-0.4, -0.2) is 51.2 Å². The van der Waals surface area contributed by atoms with Crippen molar-refractivity contribution in [3.63, 3.8) is 0 Å². The van der Waals surface area contributed by atoms with E-state index in [0.717, 1.165) is 22.9 Å². The molecule has 10 nitrogen and oxygen atoms in total. The van der Waals surface area contributed by atoms with E-state index in [-0.39, 0.29) is 11.4 Å². The van der Waals surface area contributed by atoms with Gasteiger partial charge in [-0.2, -0.15) is 0 Å². The number of hydrogen-bond acceptors (Lipinski definition) is 9. The van der Waals surface area contributed by atoms with Crippen LogP contribution in [0.5, 0.6) is 11.5 Å². The normalized spacial score (nSPS) is 11.4. The summed E-state index contributed by atoms with van der Waals surface area (Å²) in [6, 6.07) is 10.5. The Morgan fingerprint density at radius 2 is 1.90 bits per heavy atom. The number of hydrogen-bond donors (Lipinski definition) is 0. The van der Waals surface area contributed by atoms with Crippen molar-refractivity contribution in [3.05, 3.63) is 76.4 Å². The average Bonchev–Trinajstić information content (AvgIpc) is 3.36. The van der Waals surface area contributed by atoms with Crippen LogP contribution in [0.4, 0.5) is 14.9 Å². The van der Waals surface area contributed by atoms with Gasteiger partial charge >= 0.3 is 6.09 Å². The third-order valence-corrected chi connectivity index (χ3v) is 6.84. The Kier molecular flexibility index (Phi) is 9.46. The largest absolute Gasteiger partial charge is 0.453 e. The number of amides is 1. The molecule has 3 aromatic heterocycles. The maximum Gasteiger partial charge on any atom is 0.410 e. The molecule has 0 radical (unpaired) electrons. The number of fused-ring (bicyclic) bond motifs is 1. The van der Waals surface area contributed by atoms with Crippen molar-refractivity contribution in [2.45, 2.75) is 46.3 Å². The van der Waals surface area contributed by atoms with Gasteiger partial charge in [0.25, 0.3) is 5.69 Å². The SMILES string of the molecule is CCCOCCN(Cc1ccc(-c2cc3nccc(Oc4ccc([N+](=O)[O-])cc4F)c3s2)nc1)C(=O)OC(C)(C)C. The second-order valence-electron chi connectivity index (χ2n) is 10.2. The predicted molar refractivity (Wildman–Crippen MR) is 154 cm³/mol. The van der Waals surface area contributed by atoms with Gasteiger partial charge in [0.1, 0.15) is 11.4 Å². The second-order valence-corrected chi connectivity index (χ2v) is 11.2. The number of aromatic nitrogens is 2. The molecule has 0 saturated heterocycles. The summed E-state index contributed by atoms with van der Waals surface area (Å²) in [5, 5.41) is 10.9. The van der Waals surface area contributed by atoms with Crippen molar-refractivity contribution in [1.29, 1.82) is 0 Å². The fraction of sp³-hybridized carbons (Fsp3) is 0.345. The minimum Gasteiger partial charge on any atom is -0.453 e. The van der Waals surface area contributed by atoms with Crippen molar-refractivity contribution in [2.75, 3.05) is 19.8 Å². The van der Waals surface area contributed by atoms with E-state index in [4.69, 9.17) is 14.2 Å². The minimum atomic E-state index is -0.837. The van der Waals surface area contributed by atoms with Gasteiger partial charge in [-0.3, -0.25) is 20.1 Å². The summed E-state index contributed by atoms with van der Waals surface area (Å²) >= 11 is 1.38. The van der Waals surface area contributed by atoms with E-state index < -0.39 is 22.4 Å². The van der Waals surface area contributed by atoms with Crippen LogP contribution in [-0.2, 0) is 16.0 Å². The molecule has 0 spiro atoms. The number of nitrogens with zero attached hydrogens (tertiary/aromatic N) is 4. The van der Waals surface area contributed by atoms with E-state index in [0.29, 0.717) is 48.0 Å². The molecule has 12 heteroatoms. The molecule has 4 aromatic rings. The molecule has 0 bridgehead atoms. The van der Waals surface area contributed by atoms with E-state index >= 15 is 0 Å². The van der Waals surface area contributed by atoms with E-state index in [9.17, 15) is 19.3 Å². The van der Waals surface area contributed by atoms with Gasteiger partial charge in [-0.1, -0.05) is 13.0 Å². The number of pyridine rings is 2. The zero-order valence-electron chi connectivity index (χ0n) is 23.3. The van der Waals surface area contributed by atoms with Crippen molar-refractivity contribution in [1.82, 2.24) is 14.9 Å². The average molecular weight is 583 g/mol. The first-order valence-corrected chi connectivity index (χ1v) is 13.9. The molecule has 41 heavy (non-hydrogen) atoms. The fourth-order valence-electron chi connectivity index (χ4n) is 3.79. The molecule has 1 amide bonds. The Morgan fingerprint density at radius 1 is 1.10 bits per heavy atom. The number of benzene rings is 1. The minimum absolute atomic E-state index is 0.129. The summed E-state index contributed by atoms with van der Waals surface area (Å²) in [7, 11) is 0. The molecule has 3 heterocycles. The molecule has 1 aromatic carbocycles. The van der Waals surface area contributed by atoms with E-state index in [1.807, 2.05) is 45.9 Å². The van der Waals surface area contributed by atoms with Gasteiger partial charge in [0.2, 0.25) is 0 Å². The van der Waals surface area contributed by atoms with E-state index in [1.165, 1.54) is 23.5 Å². The molecule has 0 aliphatic rings. The summed E-state index contributed by atoms with van der Waals surface area (Å²) < 4.78 is 32.0. The number of rotatable bonds is 11. The van der Waals surface area contributed by atoms with Crippen molar-refractivity contribution < 1.29 is 28.3 Å². The molecule has 4 rings (SSSR count). The van der Waals surface area contributed by atoms with Crippen LogP contribution in [0.1, 0.15) is 39.7 Å². The highest BCUT2D eigenvalue weighted by Crippen LogP contribution is 2.39. The molecule has 0 atom stereocenters. The van der Waals surface area contributed by atoms with Gasteiger partial charge in [-0.05, 0) is 51.0 Å². The van der Waals surface area contributed by atoms with Crippen LogP contribution in [0.3, 0.4) is 0 Å². The number of non-ortho nitro benzene ring substituents is 1. The highest BCUT2D eigenvalue weighted by Gasteiger charge is 2.23. The molecular formula is C29H31FN4O6S. The van der Waals surface area contributed by atoms with Crippen LogP contribution >= 0.6 is 11.3 Å². The molecular weight excluding hydrogens is 551 g/mol. The van der Waals surface area contributed by atoms with Gasteiger partial charge in [-0.15, -0.1) is 11.3 Å². The van der Waals surface area contributed by atoms with Crippen LogP contribution in [0.15, 0.2) is 54.9 Å². The molecule has 0 unspecified atom stereocenters. The predicted octanol–water partition coefficient (Wildman–Crippen LogP) is 7.36. The molecule has 0 fully saturated rings. The summed E-state index contributed by atoms with van der Waals surface area (Å²) in [5.41, 5.74) is 1.18. The van der Waals surface area contributed by atoms with Crippen LogP contribution in [0.25, 0.3) is 20.8 Å². The summed E-state index contributed by atoms with van der Waals surface area (Å²) in [6.45, 7) is 9.22. The van der Waals surface area contributed by atoms with Gasteiger partial charge < -0.3 is 19.1 Å². The summed E-state index contributed by atoms with van der Waals surface area (Å²) in [4.78, 5) is 34.4. The second kappa shape index (κ2) is 13.0. The standard InChI is InChI=1S/C29H31FN4O6S/c1-5-13-38-14-12-33(28(35)40-29(2,3)4)18-19-6-8-22(32-17-19)26-16-23-27(41-26)25(10-11-31-23)39-24-9-7-20(34(36)37)15-21(24)30/h6-11,15-17H,5,12-14,18H2,1-4H3. The summed E-state index contributed by atoms with van der Waals surface area (Å²) in [5.74, 6) is -0.598. The number of thiophene rings is 1. The third-order valence-electron chi connectivity index (χ3n) is 5.68. The lowest BCUT2D eigenvalue weighted by Gasteiger charge is -2.27. The Balaban J connectivity index is 1.51. The topological polar surface area (TPSA) is 117 Å². The first-order chi connectivity index (χ1) is 19.5. The number of nitro groups is 1. The van der Waals surface area contributed by atoms with Gasteiger partial charge in [0.15, 0.2) is 11.6 Å². The maximum absolute atomic E-state index is 14.4. The third kappa shape index (κ3) is 7.95. The molecule has 0 aliphatic carbocycles. The molecule has 0 N–H and O–H groups in total. The number of ether oxygens (including phenoxy) is 3. The number of carbonyl (C=O) groups is 1. The zero-order chi connectivity index (χ0) is 29.6. The Morgan fingerprint density at radius 3 is 2.56 bits per heavy atom. The monoisotopic (exact) mass is 582 g/mol. The van der Waals surface area contributed by atoms with Crippen molar-refractivity contribution >= 4 is 33.3 Å². The lowest BCUT2D eigenvalue weighted by Crippen LogP contribution is -2.38. The number of halogens is 1. The Hall–Kier alpha value is -4.16. The Labute approximate surface area is 240 Å². The van der Waals surface area contributed by atoms with E-state index in [1.54, 1.807) is 23.4 Å². The fourth-order valence-corrected chi connectivity index (χ4v) is 4.83. The molecule has 0 saturated carbocycles. The van der Waals surface area contributed by atoms with Crippen LogP contribution < -0.4 is 4.74 Å². The number of carbonyl (C=O) groups excluding carboxylic acids is 1. The lowest BCUT2D eigenvalue weighted by molar-refractivity contribution is -0.385. The smallest absolute Gasteiger partial charge is 0.410 e.